The molecule has 0 amide bonds. The molecule has 0 radical (unpaired) electrons. The Morgan fingerprint density at radius 2 is 2.11 bits per heavy atom. The van der Waals surface area contributed by atoms with Crippen LogP contribution in [-0.4, -0.2) is 6.54 Å². The Labute approximate surface area is 117 Å². The van der Waals surface area contributed by atoms with Crippen LogP contribution in [0.2, 0.25) is 10.0 Å². The minimum Gasteiger partial charge on any atom is -0.472 e. The highest BCUT2D eigenvalue weighted by Crippen LogP contribution is 2.31. The van der Waals surface area contributed by atoms with Crippen molar-refractivity contribution in [2.24, 2.45) is 0 Å². The Kier molecular flexibility index (Phi) is 4.70. The largest absolute Gasteiger partial charge is 0.472 e. The molecule has 2 rings (SSSR count). The van der Waals surface area contributed by atoms with Gasteiger partial charge in [-0.2, -0.15) is 0 Å². The molecule has 0 bridgehead atoms. The van der Waals surface area contributed by atoms with Gasteiger partial charge in [0.15, 0.2) is 0 Å². The number of hydrogen-bond donors (Lipinski definition) is 1. The van der Waals surface area contributed by atoms with Gasteiger partial charge in [-0.1, -0.05) is 42.3 Å². The molecule has 0 aliphatic heterocycles. The first-order chi connectivity index (χ1) is 8.72. The Hall–Kier alpha value is -0.960. The van der Waals surface area contributed by atoms with E-state index in [4.69, 9.17) is 27.6 Å². The standard InChI is InChI=1S/C14H15Cl2NO/c1-2-17-13(8-10-6-7-18-9-10)11-4-3-5-12(15)14(11)16/h3-7,9,13,17H,2,8H2,1H3. The molecule has 0 saturated heterocycles. The Morgan fingerprint density at radius 3 is 2.78 bits per heavy atom. The van der Waals surface area contributed by atoms with Crippen molar-refractivity contribution < 1.29 is 4.42 Å². The number of furan rings is 1. The molecule has 1 aromatic heterocycles. The van der Waals surface area contributed by atoms with E-state index in [1.807, 2.05) is 18.2 Å². The zero-order valence-corrected chi connectivity index (χ0v) is 11.6. The van der Waals surface area contributed by atoms with Crippen molar-refractivity contribution in [2.45, 2.75) is 19.4 Å². The normalized spacial score (nSPS) is 12.6. The summed E-state index contributed by atoms with van der Waals surface area (Å²) in [5.41, 5.74) is 2.16. The molecule has 0 aliphatic carbocycles. The minimum atomic E-state index is 0.138. The first-order valence-corrected chi connectivity index (χ1v) is 6.66. The summed E-state index contributed by atoms with van der Waals surface area (Å²) in [7, 11) is 0. The first-order valence-electron chi connectivity index (χ1n) is 5.90. The minimum absolute atomic E-state index is 0.138. The maximum Gasteiger partial charge on any atom is 0.0935 e. The maximum absolute atomic E-state index is 6.27. The van der Waals surface area contributed by atoms with E-state index in [0.717, 1.165) is 24.1 Å². The summed E-state index contributed by atoms with van der Waals surface area (Å²) in [5, 5.41) is 4.63. The van der Waals surface area contributed by atoms with Gasteiger partial charge in [-0.05, 0) is 36.2 Å². The molecule has 0 saturated carbocycles. The third kappa shape index (κ3) is 3.08. The van der Waals surface area contributed by atoms with Crippen molar-refractivity contribution >= 4 is 23.2 Å². The Morgan fingerprint density at radius 1 is 1.28 bits per heavy atom. The molecular weight excluding hydrogens is 269 g/mol. The fourth-order valence-corrected chi connectivity index (χ4v) is 2.41. The smallest absolute Gasteiger partial charge is 0.0935 e. The fourth-order valence-electron chi connectivity index (χ4n) is 1.97. The first kappa shape index (κ1) is 13.5. The quantitative estimate of drug-likeness (QED) is 0.875. The van der Waals surface area contributed by atoms with E-state index >= 15 is 0 Å². The third-order valence-electron chi connectivity index (χ3n) is 2.83. The van der Waals surface area contributed by atoms with E-state index in [1.165, 1.54) is 0 Å². The van der Waals surface area contributed by atoms with Crippen LogP contribution in [0.15, 0.2) is 41.2 Å². The summed E-state index contributed by atoms with van der Waals surface area (Å²) in [6.07, 6.45) is 4.26. The lowest BCUT2D eigenvalue weighted by Gasteiger charge is -2.19. The van der Waals surface area contributed by atoms with Crippen molar-refractivity contribution in [2.75, 3.05) is 6.54 Å². The number of benzene rings is 1. The number of halogens is 2. The second kappa shape index (κ2) is 6.28. The summed E-state index contributed by atoms with van der Waals surface area (Å²) < 4.78 is 5.10. The molecule has 18 heavy (non-hydrogen) atoms. The van der Waals surface area contributed by atoms with Crippen LogP contribution in [0, 0.1) is 0 Å². The molecule has 0 aliphatic rings. The molecule has 2 aromatic rings. The lowest BCUT2D eigenvalue weighted by atomic mass is 10.0. The van der Waals surface area contributed by atoms with Crippen molar-refractivity contribution in [3.05, 3.63) is 58.0 Å². The highest BCUT2D eigenvalue weighted by atomic mass is 35.5. The third-order valence-corrected chi connectivity index (χ3v) is 3.66. The summed E-state index contributed by atoms with van der Waals surface area (Å²) in [6.45, 7) is 2.94. The van der Waals surface area contributed by atoms with Crippen molar-refractivity contribution in [1.29, 1.82) is 0 Å². The number of hydrogen-bond acceptors (Lipinski definition) is 2. The van der Waals surface area contributed by atoms with Gasteiger partial charge < -0.3 is 9.73 Å². The van der Waals surface area contributed by atoms with E-state index in [9.17, 15) is 0 Å². The fraction of sp³-hybridized carbons (Fsp3) is 0.286. The van der Waals surface area contributed by atoms with Crippen LogP contribution in [0.4, 0.5) is 0 Å². The van der Waals surface area contributed by atoms with Crippen LogP contribution in [0.3, 0.4) is 0 Å². The van der Waals surface area contributed by atoms with Crippen LogP contribution in [0.5, 0.6) is 0 Å². The predicted octanol–water partition coefficient (Wildman–Crippen LogP) is 4.48. The Balaban J connectivity index is 2.26. The molecule has 1 unspecified atom stereocenters. The summed E-state index contributed by atoms with van der Waals surface area (Å²) >= 11 is 12.3. The molecule has 1 aromatic carbocycles. The van der Waals surface area contributed by atoms with Crippen molar-refractivity contribution in [1.82, 2.24) is 5.32 Å². The maximum atomic E-state index is 6.27. The molecular formula is C14H15Cl2NO. The SMILES string of the molecule is CCNC(Cc1ccoc1)c1cccc(Cl)c1Cl. The summed E-state index contributed by atoms with van der Waals surface area (Å²) in [6, 6.07) is 7.82. The summed E-state index contributed by atoms with van der Waals surface area (Å²) in [5.74, 6) is 0. The number of nitrogens with one attached hydrogen (secondary N) is 1. The predicted molar refractivity (Wildman–Crippen MR) is 75.3 cm³/mol. The molecule has 1 atom stereocenters. The molecule has 1 heterocycles. The van der Waals surface area contributed by atoms with Gasteiger partial charge in [-0.3, -0.25) is 0 Å². The molecule has 2 nitrogen and oxygen atoms in total. The van der Waals surface area contributed by atoms with Crippen molar-refractivity contribution in [3.63, 3.8) is 0 Å². The van der Waals surface area contributed by atoms with E-state index in [0.29, 0.717) is 10.0 Å². The lowest BCUT2D eigenvalue weighted by molar-refractivity contribution is 0.535. The lowest BCUT2D eigenvalue weighted by Crippen LogP contribution is -2.23. The molecule has 96 valence electrons. The van der Waals surface area contributed by atoms with Crippen molar-refractivity contribution in [3.8, 4) is 0 Å². The molecule has 0 spiro atoms. The van der Waals surface area contributed by atoms with E-state index in [2.05, 4.69) is 12.2 Å². The number of rotatable bonds is 5. The molecule has 0 fully saturated rings. The van der Waals surface area contributed by atoms with Crippen LogP contribution < -0.4 is 5.32 Å². The van der Waals surface area contributed by atoms with E-state index in [-0.39, 0.29) is 6.04 Å². The average Bonchev–Trinajstić information content (AvgIpc) is 2.85. The molecule has 1 N–H and O–H groups in total. The highest BCUT2D eigenvalue weighted by molar-refractivity contribution is 6.42. The number of likely N-dealkylation sites (N-methyl/N-ethyl adjacent to an activating group) is 1. The van der Waals surface area contributed by atoms with Gasteiger partial charge >= 0.3 is 0 Å². The highest BCUT2D eigenvalue weighted by Gasteiger charge is 2.16. The van der Waals surface area contributed by atoms with E-state index < -0.39 is 0 Å². The van der Waals surface area contributed by atoms with Crippen LogP contribution >= 0.6 is 23.2 Å². The summed E-state index contributed by atoms with van der Waals surface area (Å²) in [4.78, 5) is 0. The van der Waals surface area contributed by atoms with Gasteiger partial charge in [0.2, 0.25) is 0 Å². The van der Waals surface area contributed by atoms with Gasteiger partial charge in [0.1, 0.15) is 0 Å². The van der Waals surface area contributed by atoms with Gasteiger partial charge in [0, 0.05) is 6.04 Å². The Bertz CT molecular complexity index is 497. The second-order valence-electron chi connectivity index (χ2n) is 4.09. The zero-order chi connectivity index (χ0) is 13.0. The molecule has 4 heteroatoms. The second-order valence-corrected chi connectivity index (χ2v) is 4.87. The van der Waals surface area contributed by atoms with Gasteiger partial charge in [-0.15, -0.1) is 0 Å². The van der Waals surface area contributed by atoms with Gasteiger partial charge in [0.05, 0.1) is 22.6 Å². The van der Waals surface area contributed by atoms with Gasteiger partial charge in [-0.25, -0.2) is 0 Å². The van der Waals surface area contributed by atoms with E-state index in [1.54, 1.807) is 18.6 Å². The van der Waals surface area contributed by atoms with Crippen LogP contribution in [0.25, 0.3) is 0 Å². The monoisotopic (exact) mass is 283 g/mol. The van der Waals surface area contributed by atoms with Gasteiger partial charge in [0.25, 0.3) is 0 Å². The average molecular weight is 284 g/mol. The topological polar surface area (TPSA) is 25.2 Å². The van der Waals surface area contributed by atoms with Crippen LogP contribution in [-0.2, 0) is 6.42 Å². The zero-order valence-electron chi connectivity index (χ0n) is 10.1. The van der Waals surface area contributed by atoms with Crippen LogP contribution in [0.1, 0.15) is 24.1 Å².